The van der Waals surface area contributed by atoms with Crippen LogP contribution in [0.15, 0.2) is 29.4 Å². The van der Waals surface area contributed by atoms with Gasteiger partial charge in [0.05, 0.1) is 6.61 Å². The van der Waals surface area contributed by atoms with Crippen molar-refractivity contribution >= 4 is 11.8 Å². The Labute approximate surface area is 129 Å². The van der Waals surface area contributed by atoms with Gasteiger partial charge in [0.1, 0.15) is 12.3 Å². The van der Waals surface area contributed by atoms with Crippen LogP contribution < -0.4 is 4.74 Å². The fourth-order valence-corrected chi connectivity index (χ4v) is 2.48. The summed E-state index contributed by atoms with van der Waals surface area (Å²) in [5.41, 5.74) is 0.931. The fourth-order valence-electron chi connectivity index (χ4n) is 1.66. The van der Waals surface area contributed by atoms with Gasteiger partial charge in [0.2, 0.25) is 5.16 Å². The van der Waals surface area contributed by atoms with Crippen LogP contribution >= 0.6 is 11.8 Å². The zero-order valence-electron chi connectivity index (χ0n) is 11.9. The van der Waals surface area contributed by atoms with E-state index < -0.39 is 12.7 Å². The van der Waals surface area contributed by atoms with Crippen molar-refractivity contribution in [3.63, 3.8) is 0 Å². The summed E-state index contributed by atoms with van der Waals surface area (Å²) in [5, 5.41) is 10.4. The van der Waals surface area contributed by atoms with Crippen molar-refractivity contribution < 1.29 is 17.9 Å². The summed E-state index contributed by atoms with van der Waals surface area (Å²) in [6.07, 6.45) is -3.44. The average Bonchev–Trinajstić information content (AvgIpc) is 2.88. The molecule has 1 heterocycles. The number of thioether (sulfide) groups is 1. The smallest absolute Gasteiger partial charge is 0.408 e. The molecule has 5 nitrogen and oxygen atoms in total. The van der Waals surface area contributed by atoms with Crippen LogP contribution in [0.4, 0.5) is 13.2 Å². The molecule has 0 saturated carbocycles. The number of aromatic nitrogens is 4. The second kappa shape index (κ2) is 7.48. The van der Waals surface area contributed by atoms with Gasteiger partial charge in [-0.1, -0.05) is 30.8 Å². The average molecular weight is 332 g/mol. The van der Waals surface area contributed by atoms with E-state index in [0.717, 1.165) is 34.2 Å². The molecule has 0 radical (unpaired) electrons. The lowest BCUT2D eigenvalue weighted by atomic mass is 10.2. The van der Waals surface area contributed by atoms with Crippen molar-refractivity contribution in [2.24, 2.45) is 0 Å². The van der Waals surface area contributed by atoms with Gasteiger partial charge in [0.25, 0.3) is 0 Å². The van der Waals surface area contributed by atoms with Crippen molar-refractivity contribution in [2.45, 2.75) is 37.0 Å². The first-order chi connectivity index (χ1) is 10.5. The van der Waals surface area contributed by atoms with E-state index in [4.69, 9.17) is 4.74 Å². The van der Waals surface area contributed by atoms with Crippen molar-refractivity contribution in [2.75, 3.05) is 6.61 Å². The Morgan fingerprint density at radius 2 is 2.14 bits per heavy atom. The lowest BCUT2D eigenvalue weighted by molar-refractivity contribution is -0.144. The lowest BCUT2D eigenvalue weighted by Gasteiger charge is -2.08. The van der Waals surface area contributed by atoms with E-state index in [9.17, 15) is 13.2 Å². The Morgan fingerprint density at radius 1 is 1.32 bits per heavy atom. The first kappa shape index (κ1) is 16.6. The van der Waals surface area contributed by atoms with Crippen LogP contribution in [0.3, 0.4) is 0 Å². The predicted octanol–water partition coefficient (Wildman–Crippen LogP) is 3.32. The van der Waals surface area contributed by atoms with Gasteiger partial charge in [0.15, 0.2) is 0 Å². The van der Waals surface area contributed by atoms with Gasteiger partial charge in [-0.3, -0.25) is 0 Å². The van der Waals surface area contributed by atoms with Crippen molar-refractivity contribution in [1.29, 1.82) is 0 Å². The maximum atomic E-state index is 12.4. The number of ether oxygens (including phenoxy) is 1. The first-order valence-corrected chi connectivity index (χ1v) is 7.64. The highest BCUT2D eigenvalue weighted by atomic mass is 32.2. The quantitative estimate of drug-likeness (QED) is 0.728. The maximum Gasteiger partial charge on any atom is 0.408 e. The minimum atomic E-state index is -4.35. The van der Waals surface area contributed by atoms with E-state index >= 15 is 0 Å². The summed E-state index contributed by atoms with van der Waals surface area (Å²) in [6.45, 7) is 1.45. The molecule has 0 aliphatic heterocycles. The number of alkyl halides is 3. The van der Waals surface area contributed by atoms with Gasteiger partial charge < -0.3 is 4.74 Å². The number of nitrogens with zero attached hydrogens (tertiary/aromatic N) is 4. The molecule has 0 atom stereocenters. The van der Waals surface area contributed by atoms with Crippen LogP contribution in [0.2, 0.25) is 0 Å². The third kappa shape index (κ3) is 5.21. The molecule has 1 aromatic carbocycles. The lowest BCUT2D eigenvalue weighted by Crippen LogP contribution is -2.19. The van der Waals surface area contributed by atoms with Gasteiger partial charge in [-0.15, -0.1) is 5.10 Å². The van der Waals surface area contributed by atoms with Crippen LogP contribution in [0.5, 0.6) is 5.75 Å². The normalized spacial score (nSPS) is 11.6. The van der Waals surface area contributed by atoms with E-state index in [0.29, 0.717) is 12.4 Å². The summed E-state index contributed by atoms with van der Waals surface area (Å²) in [7, 11) is 0. The van der Waals surface area contributed by atoms with Crippen molar-refractivity contribution in [3.8, 4) is 5.75 Å². The van der Waals surface area contributed by atoms with Crippen LogP contribution in [-0.2, 0) is 12.3 Å². The van der Waals surface area contributed by atoms with Crippen LogP contribution in [0, 0.1) is 0 Å². The van der Waals surface area contributed by atoms with Crippen LogP contribution in [0.1, 0.15) is 18.9 Å². The number of halogens is 3. The van der Waals surface area contributed by atoms with E-state index in [1.165, 1.54) is 0 Å². The Balaban J connectivity index is 1.97. The molecule has 0 spiro atoms. The van der Waals surface area contributed by atoms with Crippen LogP contribution in [0.25, 0.3) is 0 Å². The molecule has 9 heteroatoms. The fraction of sp³-hybridized carbons (Fsp3) is 0.462. The third-order valence-electron chi connectivity index (χ3n) is 2.57. The Hall–Kier alpha value is -1.77. The minimum absolute atomic E-state index is 0.136. The largest absolute Gasteiger partial charge is 0.494 e. The van der Waals surface area contributed by atoms with E-state index in [2.05, 4.69) is 15.5 Å². The molecule has 2 aromatic rings. The zero-order valence-corrected chi connectivity index (χ0v) is 12.7. The maximum absolute atomic E-state index is 12.4. The topological polar surface area (TPSA) is 52.8 Å². The molecule has 1 aromatic heterocycles. The minimum Gasteiger partial charge on any atom is -0.494 e. The molecule has 0 aliphatic carbocycles. The summed E-state index contributed by atoms with van der Waals surface area (Å²) in [4.78, 5) is 0. The number of rotatable bonds is 7. The zero-order chi connectivity index (χ0) is 16.0. The Morgan fingerprint density at radius 3 is 2.86 bits per heavy atom. The molecule has 0 bridgehead atoms. The standard InChI is InChI=1S/C13H15F3N4OS/c1-2-6-21-11-5-3-4-10(7-11)8-22-12-17-18-19-20(12)9-13(14,15)16/h3-5,7H,2,6,8-9H2,1H3. The van der Waals surface area contributed by atoms with E-state index in [1.807, 2.05) is 31.2 Å². The third-order valence-corrected chi connectivity index (χ3v) is 3.60. The second-order valence-corrected chi connectivity index (χ2v) is 5.46. The highest BCUT2D eigenvalue weighted by Crippen LogP contribution is 2.25. The highest BCUT2D eigenvalue weighted by Gasteiger charge is 2.30. The summed E-state index contributed by atoms with van der Waals surface area (Å²) >= 11 is 1.15. The van der Waals surface area contributed by atoms with Gasteiger partial charge >= 0.3 is 6.18 Å². The molecule has 120 valence electrons. The summed E-state index contributed by atoms with van der Waals surface area (Å²) in [6, 6.07) is 7.43. The molecular weight excluding hydrogens is 317 g/mol. The number of hydrogen-bond acceptors (Lipinski definition) is 5. The first-order valence-electron chi connectivity index (χ1n) is 6.65. The molecule has 0 N–H and O–H groups in total. The monoisotopic (exact) mass is 332 g/mol. The molecule has 0 fully saturated rings. The predicted molar refractivity (Wildman–Crippen MR) is 75.7 cm³/mol. The Bertz CT molecular complexity index is 603. The van der Waals surface area contributed by atoms with Crippen molar-refractivity contribution in [1.82, 2.24) is 20.2 Å². The number of tetrazole rings is 1. The number of hydrogen-bond donors (Lipinski definition) is 0. The molecule has 2 rings (SSSR count). The molecule has 0 saturated heterocycles. The SMILES string of the molecule is CCCOc1cccc(CSc2nnnn2CC(F)(F)F)c1. The van der Waals surface area contributed by atoms with Gasteiger partial charge in [-0.05, 0) is 34.5 Å². The van der Waals surface area contributed by atoms with Gasteiger partial charge in [-0.25, -0.2) is 4.68 Å². The molecule has 0 amide bonds. The number of benzene rings is 1. The van der Waals surface area contributed by atoms with Gasteiger partial charge in [0, 0.05) is 5.75 Å². The molecule has 22 heavy (non-hydrogen) atoms. The Kier molecular flexibility index (Phi) is 5.64. The second-order valence-electron chi connectivity index (χ2n) is 4.52. The molecule has 0 aliphatic rings. The van der Waals surface area contributed by atoms with E-state index in [-0.39, 0.29) is 5.16 Å². The van der Waals surface area contributed by atoms with Crippen LogP contribution in [-0.4, -0.2) is 33.0 Å². The summed E-state index contributed by atoms with van der Waals surface area (Å²) < 4.78 is 43.4. The molecular formula is C13H15F3N4OS. The van der Waals surface area contributed by atoms with Gasteiger partial charge in [-0.2, -0.15) is 13.2 Å². The highest BCUT2D eigenvalue weighted by molar-refractivity contribution is 7.98. The molecule has 0 unspecified atom stereocenters. The van der Waals surface area contributed by atoms with E-state index in [1.54, 1.807) is 0 Å². The van der Waals surface area contributed by atoms with Crippen molar-refractivity contribution in [3.05, 3.63) is 29.8 Å². The summed E-state index contributed by atoms with van der Waals surface area (Å²) in [5.74, 6) is 1.21.